The summed E-state index contributed by atoms with van der Waals surface area (Å²) in [5.74, 6) is -1.95. The molecule has 33 heavy (non-hydrogen) atoms. The summed E-state index contributed by atoms with van der Waals surface area (Å²) in [6.45, 7) is 5.52. The van der Waals surface area contributed by atoms with Crippen LogP contribution in [0.2, 0.25) is 0 Å². The molecule has 0 amide bonds. The van der Waals surface area contributed by atoms with Crippen molar-refractivity contribution < 1.29 is 43.2 Å². The number of fused-ring (bicyclic) bond motifs is 1. The standard InChI is InChI=1S/C24H30O9/c1-21(15(26)9-16(27)30-4)10-13(25)17(28)23(3)14(21)5-7-22(2)18(12-6-8-31-11-12)32-20(29)19-24(22,23)33-19/h6,8,11,14-15,17-19,26,28H,5,7,9-10H2,1-4H3/t14-,15-,17+,18+,19+,21+,22+,23+,24+/m1/s1. The van der Waals surface area contributed by atoms with Crippen LogP contribution in [0.1, 0.15) is 58.1 Å². The van der Waals surface area contributed by atoms with E-state index in [2.05, 4.69) is 0 Å². The lowest BCUT2D eigenvalue weighted by Gasteiger charge is -2.65. The number of methoxy groups -OCH3 is 1. The Bertz CT molecular complexity index is 1000. The minimum absolute atomic E-state index is 0.0837. The lowest BCUT2D eigenvalue weighted by atomic mass is 9.39. The van der Waals surface area contributed by atoms with Crippen LogP contribution in [-0.2, 0) is 28.6 Å². The first-order valence-corrected chi connectivity index (χ1v) is 11.3. The Morgan fingerprint density at radius 1 is 1.27 bits per heavy atom. The number of hydrogen-bond donors (Lipinski definition) is 2. The highest BCUT2D eigenvalue weighted by Gasteiger charge is 2.88. The number of ether oxygens (including phenoxy) is 3. The third-order valence-corrected chi connectivity index (χ3v) is 9.39. The van der Waals surface area contributed by atoms with E-state index in [-0.39, 0.29) is 12.8 Å². The third kappa shape index (κ3) is 2.56. The molecule has 1 spiro atoms. The Balaban J connectivity index is 1.63. The van der Waals surface area contributed by atoms with Gasteiger partial charge >= 0.3 is 11.9 Å². The van der Waals surface area contributed by atoms with Gasteiger partial charge in [-0.3, -0.25) is 9.59 Å². The van der Waals surface area contributed by atoms with E-state index in [4.69, 9.17) is 18.6 Å². The number of cyclic esters (lactones) is 1. The number of aliphatic hydroxyl groups excluding tert-OH is 2. The van der Waals surface area contributed by atoms with E-state index in [1.807, 2.05) is 6.92 Å². The second kappa shape index (κ2) is 6.90. The first-order valence-electron chi connectivity index (χ1n) is 11.3. The SMILES string of the molecule is COC(=O)C[C@@H](O)[C@@]1(C)CC(=O)[C@H](O)[C@]2(C)[C@@H]1CC[C@@]1(C)[C@H](c3ccoc3)OC(=O)[C@@H]3O[C@]321. The predicted octanol–water partition coefficient (Wildman–Crippen LogP) is 1.70. The van der Waals surface area contributed by atoms with Gasteiger partial charge in [-0.2, -0.15) is 0 Å². The number of carbonyl (C=O) groups excluding carboxylic acids is 3. The van der Waals surface area contributed by atoms with Crippen molar-refractivity contribution in [1.82, 2.24) is 0 Å². The molecule has 2 aliphatic carbocycles. The number of epoxide rings is 1. The van der Waals surface area contributed by atoms with Gasteiger partial charge < -0.3 is 28.8 Å². The van der Waals surface area contributed by atoms with Gasteiger partial charge in [0, 0.05) is 28.2 Å². The zero-order chi connectivity index (χ0) is 24.0. The second-order valence-electron chi connectivity index (χ2n) is 10.7. The molecule has 2 aliphatic heterocycles. The Morgan fingerprint density at radius 2 is 2.00 bits per heavy atom. The van der Waals surface area contributed by atoms with Gasteiger partial charge in [0.25, 0.3) is 0 Å². The molecule has 1 aromatic rings. The highest BCUT2D eigenvalue weighted by Crippen LogP contribution is 2.77. The van der Waals surface area contributed by atoms with E-state index in [9.17, 15) is 24.6 Å². The van der Waals surface area contributed by atoms with Crippen LogP contribution < -0.4 is 0 Å². The molecule has 2 N–H and O–H groups in total. The lowest BCUT2D eigenvalue weighted by Crippen LogP contribution is -2.72. The van der Waals surface area contributed by atoms with Crippen LogP contribution in [0, 0.1) is 22.2 Å². The van der Waals surface area contributed by atoms with Gasteiger partial charge in [-0.15, -0.1) is 0 Å². The molecule has 4 aliphatic rings. The molecular formula is C24H30O9. The Kier molecular flexibility index (Phi) is 4.71. The molecule has 2 saturated heterocycles. The highest BCUT2D eigenvalue weighted by molar-refractivity contribution is 5.88. The smallest absolute Gasteiger partial charge is 0.339 e. The second-order valence-corrected chi connectivity index (χ2v) is 10.7. The van der Waals surface area contributed by atoms with E-state index in [0.29, 0.717) is 18.4 Å². The van der Waals surface area contributed by atoms with Crippen LogP contribution in [0.3, 0.4) is 0 Å². The molecule has 9 nitrogen and oxygen atoms in total. The molecule has 0 radical (unpaired) electrons. The summed E-state index contributed by atoms with van der Waals surface area (Å²) in [5.41, 5.74) is -3.42. The van der Waals surface area contributed by atoms with Gasteiger partial charge in [-0.1, -0.05) is 20.8 Å². The molecule has 1 aromatic heterocycles. The average molecular weight is 462 g/mol. The van der Waals surface area contributed by atoms with Gasteiger partial charge in [0.05, 0.1) is 32.2 Å². The van der Waals surface area contributed by atoms with Crippen LogP contribution in [-0.4, -0.2) is 59.0 Å². The number of esters is 2. The van der Waals surface area contributed by atoms with Crippen molar-refractivity contribution in [2.75, 3.05) is 7.11 Å². The fraction of sp³-hybridized carbons (Fsp3) is 0.708. The third-order valence-electron chi connectivity index (χ3n) is 9.39. The highest BCUT2D eigenvalue weighted by atomic mass is 16.7. The molecule has 0 bridgehead atoms. The van der Waals surface area contributed by atoms with Crippen LogP contribution in [0.15, 0.2) is 23.0 Å². The molecule has 0 unspecified atom stereocenters. The topological polar surface area (TPSA) is 136 Å². The molecule has 9 heteroatoms. The summed E-state index contributed by atoms with van der Waals surface area (Å²) < 4.78 is 22.0. The zero-order valence-corrected chi connectivity index (χ0v) is 19.2. The Labute approximate surface area is 191 Å². The molecule has 0 aromatic carbocycles. The molecule has 9 atom stereocenters. The maximum Gasteiger partial charge on any atom is 0.339 e. The minimum atomic E-state index is -1.39. The normalized spacial score (nSPS) is 47.0. The molecule has 180 valence electrons. The summed E-state index contributed by atoms with van der Waals surface area (Å²) >= 11 is 0. The molecule has 5 rings (SSSR count). The molecular weight excluding hydrogens is 432 g/mol. The number of furan rings is 1. The van der Waals surface area contributed by atoms with Crippen LogP contribution in [0.25, 0.3) is 0 Å². The van der Waals surface area contributed by atoms with Crippen molar-refractivity contribution in [3.05, 3.63) is 24.2 Å². The van der Waals surface area contributed by atoms with E-state index < -0.39 is 69.9 Å². The molecule has 2 saturated carbocycles. The first-order chi connectivity index (χ1) is 15.5. The summed E-state index contributed by atoms with van der Waals surface area (Å²) in [6.07, 6.45) is -0.352. The van der Waals surface area contributed by atoms with Gasteiger partial charge in [-0.25, -0.2) is 4.79 Å². The average Bonchev–Trinajstić information content (AvgIpc) is 3.34. The maximum absolute atomic E-state index is 13.2. The number of carbonyl (C=O) groups is 3. The summed E-state index contributed by atoms with van der Waals surface area (Å²) in [7, 11) is 1.24. The van der Waals surface area contributed by atoms with Gasteiger partial charge in [0.2, 0.25) is 0 Å². The van der Waals surface area contributed by atoms with Gasteiger partial charge in [0.1, 0.15) is 17.8 Å². The van der Waals surface area contributed by atoms with Crippen LogP contribution >= 0.6 is 0 Å². The fourth-order valence-corrected chi connectivity index (χ4v) is 7.67. The zero-order valence-electron chi connectivity index (χ0n) is 19.2. The van der Waals surface area contributed by atoms with Crippen molar-refractivity contribution in [3.63, 3.8) is 0 Å². The maximum atomic E-state index is 13.2. The summed E-state index contributed by atoms with van der Waals surface area (Å²) in [5, 5.41) is 22.5. The number of ketones is 1. The summed E-state index contributed by atoms with van der Waals surface area (Å²) in [4.78, 5) is 38.1. The number of rotatable bonds is 4. The van der Waals surface area contributed by atoms with Crippen molar-refractivity contribution in [3.8, 4) is 0 Å². The predicted molar refractivity (Wildman–Crippen MR) is 110 cm³/mol. The van der Waals surface area contributed by atoms with E-state index in [0.717, 1.165) is 0 Å². The quantitative estimate of drug-likeness (QED) is 0.506. The van der Waals surface area contributed by atoms with E-state index >= 15 is 0 Å². The molecule has 4 fully saturated rings. The number of hydrogen-bond acceptors (Lipinski definition) is 9. The molecule has 3 heterocycles. The van der Waals surface area contributed by atoms with Gasteiger partial charge in [-0.05, 0) is 24.8 Å². The number of aliphatic hydroxyl groups is 2. The van der Waals surface area contributed by atoms with E-state index in [1.165, 1.54) is 19.6 Å². The fourth-order valence-electron chi connectivity index (χ4n) is 7.67. The van der Waals surface area contributed by atoms with E-state index in [1.54, 1.807) is 19.9 Å². The van der Waals surface area contributed by atoms with Crippen molar-refractivity contribution in [2.24, 2.45) is 22.2 Å². The van der Waals surface area contributed by atoms with Crippen LogP contribution in [0.5, 0.6) is 0 Å². The summed E-state index contributed by atoms with van der Waals surface area (Å²) in [6, 6.07) is 1.74. The van der Waals surface area contributed by atoms with Crippen molar-refractivity contribution in [1.29, 1.82) is 0 Å². The van der Waals surface area contributed by atoms with Gasteiger partial charge in [0.15, 0.2) is 11.9 Å². The lowest BCUT2D eigenvalue weighted by molar-refractivity contribution is -0.239. The van der Waals surface area contributed by atoms with Crippen molar-refractivity contribution >= 4 is 17.7 Å². The first kappa shape index (κ1) is 22.6. The Morgan fingerprint density at radius 3 is 2.64 bits per heavy atom. The Hall–Kier alpha value is -2.23. The van der Waals surface area contributed by atoms with Crippen LogP contribution in [0.4, 0.5) is 0 Å². The minimum Gasteiger partial charge on any atom is -0.472 e. The number of Topliss-reactive ketones (excluding diaryl/α,β-unsaturated/α-hetero) is 1. The van der Waals surface area contributed by atoms with Crippen molar-refractivity contribution in [2.45, 2.75) is 76.5 Å². The monoisotopic (exact) mass is 462 g/mol. The largest absolute Gasteiger partial charge is 0.472 e.